The molecule has 0 spiro atoms. The summed E-state index contributed by atoms with van der Waals surface area (Å²) in [6.07, 6.45) is -3.87. The summed E-state index contributed by atoms with van der Waals surface area (Å²) in [7, 11) is 0. The molecule has 17 heavy (non-hydrogen) atoms. The van der Waals surface area contributed by atoms with Gasteiger partial charge in [0.2, 0.25) is 0 Å². The molecule has 102 valence electrons. The first-order valence-corrected chi connectivity index (χ1v) is 6.25. The van der Waals surface area contributed by atoms with E-state index in [1.54, 1.807) is 13.8 Å². The first-order chi connectivity index (χ1) is 7.71. The van der Waals surface area contributed by atoms with Gasteiger partial charge in [-0.3, -0.25) is 4.90 Å². The maximum atomic E-state index is 12.9. The summed E-state index contributed by atoms with van der Waals surface area (Å²) in [5.74, 6) is -1.21. The minimum atomic E-state index is -4.09. The molecule has 0 bridgehead atoms. The van der Waals surface area contributed by atoms with Gasteiger partial charge >= 0.3 is 6.18 Å². The summed E-state index contributed by atoms with van der Waals surface area (Å²) in [6.45, 7) is 9.53. The highest BCUT2D eigenvalue weighted by Crippen LogP contribution is 2.45. The van der Waals surface area contributed by atoms with Crippen molar-refractivity contribution in [2.45, 2.75) is 51.9 Å². The number of nitrogens with one attached hydrogen (secondary N) is 1. The van der Waals surface area contributed by atoms with Crippen LogP contribution in [0.15, 0.2) is 0 Å². The smallest absolute Gasteiger partial charge is 0.315 e. The van der Waals surface area contributed by atoms with Gasteiger partial charge in [-0.2, -0.15) is 13.2 Å². The number of likely N-dealkylation sites (N-methyl/N-ethyl adjacent to an activating group) is 1. The molecular formula is C12H23F3N2. The molecule has 2 atom stereocenters. The number of rotatable bonds is 4. The van der Waals surface area contributed by atoms with Crippen molar-refractivity contribution in [2.24, 2.45) is 5.92 Å². The molecule has 0 radical (unpaired) electrons. The van der Waals surface area contributed by atoms with Gasteiger partial charge in [0.25, 0.3) is 0 Å². The fourth-order valence-corrected chi connectivity index (χ4v) is 2.93. The van der Waals surface area contributed by atoms with E-state index in [-0.39, 0.29) is 12.5 Å². The molecular weight excluding hydrogens is 229 g/mol. The average Bonchev–Trinajstić information content (AvgIpc) is 2.49. The molecule has 2 unspecified atom stereocenters. The lowest BCUT2D eigenvalue weighted by atomic mass is 9.87. The van der Waals surface area contributed by atoms with E-state index >= 15 is 0 Å². The Morgan fingerprint density at radius 3 is 2.41 bits per heavy atom. The van der Waals surface area contributed by atoms with Gasteiger partial charge in [-0.25, -0.2) is 0 Å². The van der Waals surface area contributed by atoms with Crippen LogP contribution in [0, 0.1) is 5.92 Å². The molecule has 0 amide bonds. The zero-order chi connectivity index (χ0) is 13.3. The molecule has 2 nitrogen and oxygen atoms in total. The standard InChI is InChI=1S/C12H23F3N2/c1-5-16-8-9(2)17-7-6-10(11(17,3)4)12(13,14)15/h9-10,16H,5-8H2,1-4H3. The summed E-state index contributed by atoms with van der Waals surface area (Å²) in [5.41, 5.74) is -0.799. The number of hydrogen-bond donors (Lipinski definition) is 1. The quantitative estimate of drug-likeness (QED) is 0.827. The molecule has 1 aliphatic heterocycles. The lowest BCUT2D eigenvalue weighted by Crippen LogP contribution is -2.52. The van der Waals surface area contributed by atoms with E-state index in [1.807, 2.05) is 18.7 Å². The van der Waals surface area contributed by atoms with Crippen LogP contribution in [0.25, 0.3) is 0 Å². The van der Waals surface area contributed by atoms with E-state index in [4.69, 9.17) is 0 Å². The normalized spacial score (nSPS) is 27.4. The number of nitrogens with zero attached hydrogens (tertiary/aromatic N) is 1. The third kappa shape index (κ3) is 3.13. The fraction of sp³-hybridized carbons (Fsp3) is 1.00. The first kappa shape index (κ1) is 14.8. The Bertz CT molecular complexity index is 251. The largest absolute Gasteiger partial charge is 0.393 e. The minimum absolute atomic E-state index is 0.136. The van der Waals surface area contributed by atoms with E-state index in [0.717, 1.165) is 13.1 Å². The Kier molecular flexibility index (Phi) is 4.47. The molecule has 0 aromatic rings. The second-order valence-corrected chi connectivity index (χ2v) is 5.39. The maximum absolute atomic E-state index is 12.9. The summed E-state index contributed by atoms with van der Waals surface area (Å²) in [4.78, 5) is 1.98. The van der Waals surface area contributed by atoms with Crippen molar-refractivity contribution in [2.75, 3.05) is 19.6 Å². The van der Waals surface area contributed by atoms with E-state index in [1.165, 1.54) is 0 Å². The average molecular weight is 252 g/mol. The Morgan fingerprint density at radius 2 is 2.00 bits per heavy atom. The fourth-order valence-electron chi connectivity index (χ4n) is 2.93. The van der Waals surface area contributed by atoms with Crippen LogP contribution in [0.2, 0.25) is 0 Å². The van der Waals surface area contributed by atoms with Crippen molar-refractivity contribution >= 4 is 0 Å². The highest BCUT2D eigenvalue weighted by atomic mass is 19.4. The van der Waals surface area contributed by atoms with Gasteiger partial charge in [-0.15, -0.1) is 0 Å². The minimum Gasteiger partial charge on any atom is -0.315 e. The number of halogens is 3. The number of likely N-dealkylation sites (tertiary alicyclic amines) is 1. The van der Waals surface area contributed by atoms with Crippen LogP contribution in [0.5, 0.6) is 0 Å². The number of alkyl halides is 3. The molecule has 0 aromatic carbocycles. The second kappa shape index (κ2) is 5.14. The summed E-state index contributed by atoms with van der Waals surface area (Å²) in [6, 6.07) is 0.136. The Balaban J connectivity index is 2.72. The molecule has 1 rings (SSSR count). The molecule has 1 heterocycles. The zero-order valence-corrected chi connectivity index (χ0v) is 11.1. The molecule has 1 N–H and O–H groups in total. The predicted molar refractivity (Wildman–Crippen MR) is 63.0 cm³/mol. The van der Waals surface area contributed by atoms with E-state index in [2.05, 4.69) is 5.32 Å². The van der Waals surface area contributed by atoms with Crippen LogP contribution in [-0.2, 0) is 0 Å². The molecule has 1 aliphatic rings. The first-order valence-electron chi connectivity index (χ1n) is 6.25. The predicted octanol–water partition coefficient (Wildman–Crippen LogP) is 2.65. The van der Waals surface area contributed by atoms with E-state index < -0.39 is 17.6 Å². The highest BCUT2D eigenvalue weighted by molar-refractivity contribution is 5.00. The zero-order valence-electron chi connectivity index (χ0n) is 11.1. The van der Waals surface area contributed by atoms with Crippen LogP contribution in [0.3, 0.4) is 0 Å². The van der Waals surface area contributed by atoms with Gasteiger partial charge in [0.15, 0.2) is 0 Å². The Morgan fingerprint density at radius 1 is 1.41 bits per heavy atom. The van der Waals surface area contributed by atoms with Crippen molar-refractivity contribution in [3.05, 3.63) is 0 Å². The lowest BCUT2D eigenvalue weighted by molar-refractivity contribution is -0.192. The van der Waals surface area contributed by atoms with Crippen LogP contribution < -0.4 is 5.32 Å². The van der Waals surface area contributed by atoms with Gasteiger partial charge < -0.3 is 5.32 Å². The molecule has 0 aliphatic carbocycles. The number of hydrogen-bond acceptors (Lipinski definition) is 2. The molecule has 5 heteroatoms. The van der Waals surface area contributed by atoms with Crippen molar-refractivity contribution in [1.82, 2.24) is 10.2 Å². The third-order valence-electron chi connectivity index (χ3n) is 3.87. The maximum Gasteiger partial charge on any atom is 0.393 e. The van der Waals surface area contributed by atoms with Crippen molar-refractivity contribution in [1.29, 1.82) is 0 Å². The summed E-state index contributed by atoms with van der Waals surface area (Å²) in [5, 5.41) is 3.19. The van der Waals surface area contributed by atoms with Crippen LogP contribution in [-0.4, -0.2) is 42.3 Å². The molecule has 1 saturated heterocycles. The van der Waals surface area contributed by atoms with Crippen LogP contribution in [0.1, 0.15) is 34.1 Å². The summed E-state index contributed by atoms with van der Waals surface area (Å²) < 4.78 is 38.7. The van der Waals surface area contributed by atoms with E-state index in [0.29, 0.717) is 6.54 Å². The van der Waals surface area contributed by atoms with Crippen molar-refractivity contribution in [3.8, 4) is 0 Å². The van der Waals surface area contributed by atoms with Gasteiger partial charge in [-0.1, -0.05) is 6.92 Å². The van der Waals surface area contributed by atoms with Crippen LogP contribution in [0.4, 0.5) is 13.2 Å². The van der Waals surface area contributed by atoms with Gasteiger partial charge in [0.05, 0.1) is 5.92 Å². The van der Waals surface area contributed by atoms with Crippen LogP contribution >= 0.6 is 0 Å². The molecule has 1 fully saturated rings. The summed E-state index contributed by atoms with van der Waals surface area (Å²) >= 11 is 0. The Labute approximate surface area is 102 Å². The van der Waals surface area contributed by atoms with Gasteiger partial charge in [0, 0.05) is 18.1 Å². The van der Waals surface area contributed by atoms with Crippen molar-refractivity contribution < 1.29 is 13.2 Å². The monoisotopic (exact) mass is 252 g/mol. The molecule has 0 aromatic heterocycles. The van der Waals surface area contributed by atoms with E-state index in [9.17, 15) is 13.2 Å². The third-order valence-corrected chi connectivity index (χ3v) is 3.87. The second-order valence-electron chi connectivity index (χ2n) is 5.39. The molecule has 0 saturated carbocycles. The Hall–Kier alpha value is -0.290. The van der Waals surface area contributed by atoms with Crippen molar-refractivity contribution in [3.63, 3.8) is 0 Å². The van der Waals surface area contributed by atoms with Gasteiger partial charge in [-0.05, 0) is 40.3 Å². The SMILES string of the molecule is CCNCC(C)N1CCC(C(F)(F)F)C1(C)C. The lowest BCUT2D eigenvalue weighted by Gasteiger charge is -2.40. The topological polar surface area (TPSA) is 15.3 Å². The van der Waals surface area contributed by atoms with Gasteiger partial charge in [0.1, 0.15) is 0 Å². The highest BCUT2D eigenvalue weighted by Gasteiger charge is 2.55.